The van der Waals surface area contributed by atoms with Gasteiger partial charge in [0, 0.05) is 6.54 Å². The second-order valence-electron chi connectivity index (χ2n) is 4.94. The van der Waals surface area contributed by atoms with E-state index >= 15 is 0 Å². The van der Waals surface area contributed by atoms with Crippen molar-refractivity contribution in [1.82, 2.24) is 9.97 Å². The van der Waals surface area contributed by atoms with Crippen molar-refractivity contribution in [3.63, 3.8) is 0 Å². The molecule has 23 heavy (non-hydrogen) atoms. The topological polar surface area (TPSA) is 90.8 Å². The summed E-state index contributed by atoms with van der Waals surface area (Å²) in [7, 11) is 1.36. The number of esters is 1. The molecule has 6 heteroatoms. The Morgan fingerprint density at radius 2 is 2.17 bits per heavy atom. The smallest absolute Gasteiger partial charge is 0.337 e. The lowest BCUT2D eigenvalue weighted by atomic mass is 10.1. The van der Waals surface area contributed by atoms with Gasteiger partial charge in [-0.3, -0.25) is 0 Å². The molecule has 0 fully saturated rings. The van der Waals surface area contributed by atoms with E-state index in [4.69, 9.17) is 10.00 Å². The quantitative estimate of drug-likeness (QED) is 0.723. The fourth-order valence-electron chi connectivity index (χ4n) is 2.32. The molecule has 1 aromatic heterocycles. The first-order valence-corrected chi connectivity index (χ1v) is 7.01. The highest BCUT2D eigenvalue weighted by molar-refractivity contribution is 5.89. The number of carbonyl (C=O) groups is 1. The molecule has 2 N–H and O–H groups in total. The number of H-pyrrole nitrogens is 1. The van der Waals surface area contributed by atoms with Crippen LogP contribution in [0.2, 0.25) is 0 Å². The van der Waals surface area contributed by atoms with Gasteiger partial charge in [0.05, 0.1) is 23.8 Å². The molecule has 0 aliphatic rings. The molecule has 2 aromatic carbocycles. The zero-order chi connectivity index (χ0) is 16.2. The summed E-state index contributed by atoms with van der Waals surface area (Å²) in [6.45, 7) is 0.493. The summed E-state index contributed by atoms with van der Waals surface area (Å²) in [6.07, 6.45) is 0. The minimum atomic E-state index is -0.366. The van der Waals surface area contributed by atoms with Crippen molar-refractivity contribution in [2.75, 3.05) is 12.4 Å². The predicted molar refractivity (Wildman–Crippen MR) is 85.9 cm³/mol. The molecule has 0 saturated heterocycles. The van der Waals surface area contributed by atoms with Crippen molar-refractivity contribution in [1.29, 1.82) is 5.26 Å². The summed E-state index contributed by atoms with van der Waals surface area (Å²) in [4.78, 5) is 19.1. The van der Waals surface area contributed by atoms with Crippen LogP contribution in [-0.2, 0) is 11.3 Å². The number of aromatic nitrogens is 2. The lowest BCUT2D eigenvalue weighted by Crippen LogP contribution is -2.04. The van der Waals surface area contributed by atoms with Crippen LogP contribution in [0, 0.1) is 11.3 Å². The number of benzene rings is 2. The molecule has 3 aromatic rings. The van der Waals surface area contributed by atoms with E-state index in [2.05, 4.69) is 21.4 Å². The van der Waals surface area contributed by atoms with E-state index in [-0.39, 0.29) is 5.97 Å². The number of ether oxygens (including phenoxy) is 1. The van der Waals surface area contributed by atoms with E-state index in [1.54, 1.807) is 24.3 Å². The van der Waals surface area contributed by atoms with Gasteiger partial charge in [0.2, 0.25) is 5.95 Å². The summed E-state index contributed by atoms with van der Waals surface area (Å²) >= 11 is 0. The number of nitrogens with zero attached hydrogens (tertiary/aromatic N) is 2. The van der Waals surface area contributed by atoms with Gasteiger partial charge < -0.3 is 15.0 Å². The Morgan fingerprint density at radius 1 is 1.35 bits per heavy atom. The van der Waals surface area contributed by atoms with Crippen molar-refractivity contribution in [2.45, 2.75) is 6.54 Å². The minimum Gasteiger partial charge on any atom is -0.465 e. The minimum absolute atomic E-state index is 0.366. The molecule has 0 atom stereocenters. The molecule has 3 rings (SSSR count). The van der Waals surface area contributed by atoms with Gasteiger partial charge in [-0.15, -0.1) is 0 Å². The average molecular weight is 306 g/mol. The van der Waals surface area contributed by atoms with Gasteiger partial charge in [-0.2, -0.15) is 5.26 Å². The summed E-state index contributed by atoms with van der Waals surface area (Å²) in [5, 5.41) is 12.2. The Morgan fingerprint density at radius 3 is 2.96 bits per heavy atom. The van der Waals surface area contributed by atoms with Crippen LogP contribution < -0.4 is 5.32 Å². The summed E-state index contributed by atoms with van der Waals surface area (Å²) in [5.74, 6) is 0.209. The molecule has 0 bridgehead atoms. The molecule has 0 aliphatic heterocycles. The Balaban J connectivity index is 1.79. The van der Waals surface area contributed by atoms with Gasteiger partial charge in [-0.05, 0) is 29.8 Å². The SMILES string of the molecule is COC(=O)c1cccc(CNc2nc3c(C#N)cccc3[nH]2)c1. The third kappa shape index (κ3) is 2.99. The Labute approximate surface area is 132 Å². The largest absolute Gasteiger partial charge is 0.465 e. The van der Waals surface area contributed by atoms with E-state index in [1.807, 2.05) is 18.2 Å². The first-order chi connectivity index (χ1) is 11.2. The summed E-state index contributed by atoms with van der Waals surface area (Å²) in [5.41, 5.74) is 3.40. The molecule has 1 heterocycles. The third-order valence-electron chi connectivity index (χ3n) is 3.44. The number of imidazole rings is 1. The van der Waals surface area contributed by atoms with Crippen LogP contribution in [0.3, 0.4) is 0 Å². The number of nitrogens with one attached hydrogen (secondary N) is 2. The first kappa shape index (κ1) is 14.6. The number of aromatic amines is 1. The van der Waals surface area contributed by atoms with Crippen LogP contribution >= 0.6 is 0 Å². The molecule has 114 valence electrons. The van der Waals surface area contributed by atoms with E-state index in [0.717, 1.165) is 11.1 Å². The van der Waals surface area contributed by atoms with Gasteiger partial charge in [0.15, 0.2) is 0 Å². The highest BCUT2D eigenvalue weighted by Gasteiger charge is 2.08. The molecule has 0 aliphatic carbocycles. The number of carbonyl (C=O) groups excluding carboxylic acids is 1. The van der Waals surface area contributed by atoms with Gasteiger partial charge in [-0.25, -0.2) is 9.78 Å². The zero-order valence-corrected chi connectivity index (χ0v) is 12.5. The number of fused-ring (bicyclic) bond motifs is 1. The number of hydrogen-bond acceptors (Lipinski definition) is 5. The van der Waals surface area contributed by atoms with Gasteiger partial charge in [-0.1, -0.05) is 18.2 Å². The third-order valence-corrected chi connectivity index (χ3v) is 3.44. The Hall–Kier alpha value is -3.33. The fourth-order valence-corrected chi connectivity index (χ4v) is 2.32. The maximum absolute atomic E-state index is 11.5. The second-order valence-corrected chi connectivity index (χ2v) is 4.94. The van der Waals surface area contributed by atoms with Crippen LogP contribution in [0.25, 0.3) is 11.0 Å². The standard InChI is InChI=1S/C17H14N4O2/c1-23-16(22)12-5-2-4-11(8-12)10-19-17-20-14-7-3-6-13(9-18)15(14)21-17/h2-8H,10H2,1H3,(H2,19,20,21). The van der Waals surface area contributed by atoms with Crippen LogP contribution in [-0.4, -0.2) is 23.0 Å². The number of methoxy groups -OCH3 is 1. The molecule has 0 unspecified atom stereocenters. The molecular formula is C17H14N4O2. The second kappa shape index (κ2) is 6.20. The van der Waals surface area contributed by atoms with Gasteiger partial charge >= 0.3 is 5.97 Å². The fraction of sp³-hybridized carbons (Fsp3) is 0.118. The van der Waals surface area contributed by atoms with Crippen molar-refractivity contribution >= 4 is 23.0 Å². The van der Waals surface area contributed by atoms with Crippen LogP contribution in [0.4, 0.5) is 5.95 Å². The van der Waals surface area contributed by atoms with E-state index < -0.39 is 0 Å². The lowest BCUT2D eigenvalue weighted by molar-refractivity contribution is 0.0600. The highest BCUT2D eigenvalue weighted by Crippen LogP contribution is 2.18. The van der Waals surface area contributed by atoms with Crippen molar-refractivity contribution in [3.05, 3.63) is 59.2 Å². The Bertz CT molecular complexity index is 908. The lowest BCUT2D eigenvalue weighted by Gasteiger charge is -2.05. The molecule has 6 nitrogen and oxygen atoms in total. The van der Waals surface area contributed by atoms with Crippen LogP contribution in [0.1, 0.15) is 21.5 Å². The maximum atomic E-state index is 11.5. The van der Waals surface area contributed by atoms with E-state index in [1.165, 1.54) is 7.11 Å². The van der Waals surface area contributed by atoms with Gasteiger partial charge in [0.1, 0.15) is 11.6 Å². The monoisotopic (exact) mass is 306 g/mol. The summed E-state index contributed by atoms with van der Waals surface area (Å²) in [6, 6.07) is 14.7. The highest BCUT2D eigenvalue weighted by atomic mass is 16.5. The number of anilines is 1. The number of rotatable bonds is 4. The van der Waals surface area contributed by atoms with Crippen molar-refractivity contribution in [3.8, 4) is 6.07 Å². The first-order valence-electron chi connectivity index (χ1n) is 7.01. The van der Waals surface area contributed by atoms with Crippen molar-refractivity contribution in [2.24, 2.45) is 0 Å². The molecule has 0 amide bonds. The molecular weight excluding hydrogens is 292 g/mol. The van der Waals surface area contributed by atoms with Crippen molar-refractivity contribution < 1.29 is 9.53 Å². The van der Waals surface area contributed by atoms with Crippen LogP contribution in [0.5, 0.6) is 0 Å². The average Bonchev–Trinajstić information content (AvgIpc) is 3.02. The van der Waals surface area contributed by atoms with Crippen LogP contribution in [0.15, 0.2) is 42.5 Å². The zero-order valence-electron chi connectivity index (χ0n) is 12.5. The summed E-state index contributed by atoms with van der Waals surface area (Å²) < 4.78 is 4.71. The molecule has 0 radical (unpaired) electrons. The number of nitriles is 1. The van der Waals surface area contributed by atoms with E-state index in [9.17, 15) is 4.79 Å². The maximum Gasteiger partial charge on any atom is 0.337 e. The predicted octanol–water partition coefficient (Wildman–Crippen LogP) is 2.83. The Kier molecular flexibility index (Phi) is 3.93. The van der Waals surface area contributed by atoms with E-state index in [0.29, 0.717) is 29.1 Å². The van der Waals surface area contributed by atoms with Gasteiger partial charge in [0.25, 0.3) is 0 Å². The number of hydrogen-bond donors (Lipinski definition) is 2. The molecule has 0 spiro atoms. The number of para-hydroxylation sites is 1. The normalized spacial score (nSPS) is 10.3. The molecule has 0 saturated carbocycles.